The number of amides is 1. The van der Waals surface area contributed by atoms with Gasteiger partial charge >= 0.3 is 0 Å². The zero-order valence-corrected chi connectivity index (χ0v) is 11.1. The highest BCUT2D eigenvalue weighted by Crippen LogP contribution is 2.07. The van der Waals surface area contributed by atoms with Crippen LogP contribution in [0.1, 0.15) is 19.8 Å². The summed E-state index contributed by atoms with van der Waals surface area (Å²) in [6.07, 6.45) is 2.11. The summed E-state index contributed by atoms with van der Waals surface area (Å²) in [4.78, 5) is 15.4. The molecule has 18 heavy (non-hydrogen) atoms. The van der Waals surface area contributed by atoms with E-state index in [0.29, 0.717) is 19.6 Å². The highest BCUT2D eigenvalue weighted by Gasteiger charge is 2.24. The van der Waals surface area contributed by atoms with Gasteiger partial charge < -0.3 is 15.1 Å². The molecule has 104 valence electrons. The molecule has 0 radical (unpaired) electrons. The van der Waals surface area contributed by atoms with Crippen LogP contribution in [0.3, 0.4) is 0 Å². The van der Waals surface area contributed by atoms with Gasteiger partial charge in [0.25, 0.3) is 5.91 Å². The second-order valence-corrected chi connectivity index (χ2v) is 4.82. The van der Waals surface area contributed by atoms with Crippen molar-refractivity contribution in [2.45, 2.75) is 32.0 Å². The van der Waals surface area contributed by atoms with E-state index in [1.54, 1.807) is 4.90 Å². The molecule has 1 amide bonds. The number of nitrogens with zero attached hydrogens (tertiary/aromatic N) is 2. The van der Waals surface area contributed by atoms with Gasteiger partial charge in [0.15, 0.2) is 0 Å². The Hall–Kier alpha value is -0.910. The Morgan fingerprint density at radius 1 is 1.33 bits per heavy atom. The van der Waals surface area contributed by atoms with Gasteiger partial charge in [0.1, 0.15) is 6.10 Å². The first-order chi connectivity index (χ1) is 8.54. The predicted octanol–water partition coefficient (Wildman–Crippen LogP) is -0.162. The lowest BCUT2D eigenvalue weighted by Gasteiger charge is -2.36. The van der Waals surface area contributed by atoms with E-state index in [4.69, 9.17) is 0 Å². The Kier molecular flexibility index (Phi) is 6.32. The number of allylic oxidation sites excluding steroid dienone is 1. The monoisotopic (exact) mass is 256 g/mol. The molecule has 1 aliphatic rings. The summed E-state index contributed by atoms with van der Waals surface area (Å²) >= 11 is 0. The molecule has 0 aliphatic carbocycles. The second kappa shape index (κ2) is 7.51. The number of rotatable bonds is 6. The molecular formula is C13H24N2O3. The molecule has 0 aromatic rings. The van der Waals surface area contributed by atoms with Gasteiger partial charge in [-0.15, -0.1) is 6.58 Å². The molecule has 2 N–H and O–H groups in total. The van der Waals surface area contributed by atoms with Crippen molar-refractivity contribution in [2.24, 2.45) is 0 Å². The van der Waals surface area contributed by atoms with E-state index < -0.39 is 6.10 Å². The molecule has 2 atom stereocenters. The number of carbonyl (C=O) groups excluding carboxylic acids is 1. The van der Waals surface area contributed by atoms with Gasteiger partial charge in [-0.05, 0) is 19.8 Å². The van der Waals surface area contributed by atoms with Crippen LogP contribution in [0.5, 0.6) is 0 Å². The van der Waals surface area contributed by atoms with Crippen molar-refractivity contribution in [3.8, 4) is 0 Å². The summed E-state index contributed by atoms with van der Waals surface area (Å²) < 4.78 is 0. The van der Waals surface area contributed by atoms with Crippen LogP contribution >= 0.6 is 0 Å². The highest BCUT2D eigenvalue weighted by atomic mass is 16.3. The number of hydrogen-bond acceptors (Lipinski definition) is 4. The van der Waals surface area contributed by atoms with E-state index in [2.05, 4.69) is 11.5 Å². The van der Waals surface area contributed by atoms with E-state index >= 15 is 0 Å². The molecule has 0 aromatic heterocycles. The fourth-order valence-electron chi connectivity index (χ4n) is 2.11. The molecule has 1 fully saturated rings. The summed E-state index contributed by atoms with van der Waals surface area (Å²) in [5.74, 6) is -0.207. The van der Waals surface area contributed by atoms with Crippen molar-refractivity contribution >= 4 is 5.91 Å². The highest BCUT2D eigenvalue weighted by molar-refractivity contribution is 5.80. The summed E-state index contributed by atoms with van der Waals surface area (Å²) in [7, 11) is 0. The van der Waals surface area contributed by atoms with Crippen LogP contribution in [0, 0.1) is 0 Å². The van der Waals surface area contributed by atoms with Gasteiger partial charge in [-0.1, -0.05) is 6.08 Å². The zero-order valence-electron chi connectivity index (χ0n) is 11.1. The van der Waals surface area contributed by atoms with Crippen molar-refractivity contribution < 1.29 is 15.0 Å². The normalized spacial score (nSPS) is 20.5. The second-order valence-electron chi connectivity index (χ2n) is 4.82. The number of aliphatic hydroxyl groups is 2. The molecule has 5 heteroatoms. The fraction of sp³-hybridized carbons (Fsp3) is 0.769. The SMILES string of the molecule is C=CCCC(O)CN1CCN(C(=O)C(C)O)CC1. The number of β-amino-alcohol motifs (C(OH)–C–C–N with tert-alkyl or cyclic N) is 1. The quantitative estimate of drug-likeness (QED) is 0.648. The topological polar surface area (TPSA) is 64.0 Å². The third kappa shape index (κ3) is 4.76. The lowest BCUT2D eigenvalue weighted by Crippen LogP contribution is -2.52. The zero-order chi connectivity index (χ0) is 13.5. The predicted molar refractivity (Wildman–Crippen MR) is 70.1 cm³/mol. The van der Waals surface area contributed by atoms with Gasteiger partial charge in [0.05, 0.1) is 6.10 Å². The van der Waals surface area contributed by atoms with Gasteiger partial charge in [0, 0.05) is 32.7 Å². The van der Waals surface area contributed by atoms with E-state index in [9.17, 15) is 15.0 Å². The maximum Gasteiger partial charge on any atom is 0.251 e. The van der Waals surface area contributed by atoms with Crippen molar-refractivity contribution in [3.63, 3.8) is 0 Å². The molecular weight excluding hydrogens is 232 g/mol. The lowest BCUT2D eigenvalue weighted by molar-refractivity contribution is -0.141. The van der Waals surface area contributed by atoms with Gasteiger partial charge in [0.2, 0.25) is 0 Å². The number of carbonyl (C=O) groups is 1. The first-order valence-corrected chi connectivity index (χ1v) is 6.52. The first-order valence-electron chi connectivity index (χ1n) is 6.52. The maximum absolute atomic E-state index is 11.6. The van der Waals surface area contributed by atoms with E-state index in [-0.39, 0.29) is 12.0 Å². The largest absolute Gasteiger partial charge is 0.392 e. The Morgan fingerprint density at radius 3 is 2.44 bits per heavy atom. The van der Waals surface area contributed by atoms with E-state index in [1.165, 1.54) is 6.92 Å². The molecule has 1 aliphatic heterocycles. The van der Waals surface area contributed by atoms with Crippen molar-refractivity contribution in [3.05, 3.63) is 12.7 Å². The third-order valence-electron chi connectivity index (χ3n) is 3.21. The minimum atomic E-state index is -0.922. The minimum absolute atomic E-state index is 0.207. The average molecular weight is 256 g/mol. The summed E-state index contributed by atoms with van der Waals surface area (Å²) in [5.41, 5.74) is 0. The molecule has 5 nitrogen and oxygen atoms in total. The summed E-state index contributed by atoms with van der Waals surface area (Å²) in [6, 6.07) is 0. The van der Waals surface area contributed by atoms with Gasteiger partial charge in [-0.25, -0.2) is 0 Å². The molecule has 1 heterocycles. The van der Waals surface area contributed by atoms with Gasteiger partial charge in [-0.2, -0.15) is 0 Å². The smallest absolute Gasteiger partial charge is 0.251 e. The van der Waals surface area contributed by atoms with Crippen molar-refractivity contribution in [1.29, 1.82) is 0 Å². The molecule has 1 rings (SSSR count). The Balaban J connectivity index is 2.26. The summed E-state index contributed by atoms with van der Waals surface area (Å²) in [5, 5.41) is 19.0. The molecule has 1 saturated heterocycles. The van der Waals surface area contributed by atoms with Crippen LogP contribution in [0.25, 0.3) is 0 Å². The molecule has 2 unspecified atom stereocenters. The average Bonchev–Trinajstić information content (AvgIpc) is 2.36. The molecule has 0 aromatic carbocycles. The third-order valence-corrected chi connectivity index (χ3v) is 3.21. The lowest BCUT2D eigenvalue weighted by atomic mass is 10.1. The Labute approximate surface area is 109 Å². The summed E-state index contributed by atoms with van der Waals surface area (Å²) in [6.45, 7) is 8.52. The fourth-order valence-corrected chi connectivity index (χ4v) is 2.11. The molecule has 0 spiro atoms. The van der Waals surface area contributed by atoms with Crippen LogP contribution in [-0.2, 0) is 4.79 Å². The Morgan fingerprint density at radius 2 is 1.94 bits per heavy atom. The standard InChI is InChI=1S/C13H24N2O3/c1-3-4-5-12(17)10-14-6-8-15(9-7-14)13(18)11(2)16/h3,11-12,16-17H,1,4-10H2,2H3. The number of aliphatic hydroxyl groups excluding tert-OH is 2. The van der Waals surface area contributed by atoms with Gasteiger partial charge in [-0.3, -0.25) is 9.69 Å². The Bertz CT molecular complexity index is 273. The van der Waals surface area contributed by atoms with Crippen molar-refractivity contribution in [2.75, 3.05) is 32.7 Å². The maximum atomic E-state index is 11.6. The van der Waals surface area contributed by atoms with E-state index in [1.807, 2.05) is 6.08 Å². The van der Waals surface area contributed by atoms with Crippen LogP contribution in [0.15, 0.2) is 12.7 Å². The first kappa shape index (κ1) is 15.1. The number of hydrogen-bond donors (Lipinski definition) is 2. The van der Waals surface area contributed by atoms with Crippen LogP contribution in [0.4, 0.5) is 0 Å². The van der Waals surface area contributed by atoms with Crippen LogP contribution < -0.4 is 0 Å². The molecule has 0 saturated carbocycles. The van der Waals surface area contributed by atoms with Crippen LogP contribution in [0.2, 0.25) is 0 Å². The number of piperazine rings is 1. The van der Waals surface area contributed by atoms with Crippen molar-refractivity contribution in [1.82, 2.24) is 9.80 Å². The van der Waals surface area contributed by atoms with E-state index in [0.717, 1.165) is 25.9 Å². The minimum Gasteiger partial charge on any atom is -0.392 e. The molecule has 0 bridgehead atoms. The van der Waals surface area contributed by atoms with Crippen LogP contribution in [-0.4, -0.2) is 70.9 Å².